The number of Topliss-reactive ketones (excluding diaryl/α,β-unsaturated/α-hetero) is 1. The molecular weight excluding hydrogens is 496 g/mol. The van der Waals surface area contributed by atoms with Crippen LogP contribution < -0.4 is 14.2 Å². The predicted molar refractivity (Wildman–Crippen MR) is 150 cm³/mol. The maximum atomic E-state index is 13.5. The third kappa shape index (κ3) is 5.91. The minimum atomic E-state index is -0.761. The second kappa shape index (κ2) is 12.6. The Balaban J connectivity index is 1.78. The number of hydrogen-bond donors (Lipinski definition) is 1. The molecule has 1 N–H and O–H groups in total. The van der Waals surface area contributed by atoms with Crippen LogP contribution in [0.5, 0.6) is 17.2 Å². The van der Waals surface area contributed by atoms with Crippen molar-refractivity contribution in [1.29, 1.82) is 0 Å². The number of carbonyl (C=O) groups excluding carboxylic acids is 2. The van der Waals surface area contributed by atoms with Crippen LogP contribution in [-0.4, -0.2) is 72.6 Å². The predicted octanol–water partition coefficient (Wildman–Crippen LogP) is 4.96. The van der Waals surface area contributed by atoms with Crippen molar-refractivity contribution in [2.75, 3.05) is 39.9 Å². The number of fused-ring (bicyclic) bond motifs is 1. The summed E-state index contributed by atoms with van der Waals surface area (Å²) in [5.74, 6) is 0.398. The molecule has 0 bridgehead atoms. The monoisotopic (exact) mass is 536 g/mol. The average Bonchev–Trinajstić information content (AvgIpc) is 3.44. The van der Waals surface area contributed by atoms with E-state index in [9.17, 15) is 14.7 Å². The van der Waals surface area contributed by atoms with E-state index in [1.54, 1.807) is 24.1 Å². The van der Waals surface area contributed by atoms with Gasteiger partial charge >= 0.3 is 0 Å². The summed E-state index contributed by atoms with van der Waals surface area (Å²) in [6.07, 6.45) is 2.69. The van der Waals surface area contributed by atoms with Gasteiger partial charge in [-0.05, 0) is 67.9 Å². The van der Waals surface area contributed by atoms with E-state index in [4.69, 9.17) is 14.2 Å². The van der Waals surface area contributed by atoms with E-state index < -0.39 is 17.7 Å². The molecule has 4 rings (SSSR count). The van der Waals surface area contributed by atoms with Gasteiger partial charge in [0.1, 0.15) is 17.6 Å². The SMILES string of the molecule is CCCCOc1ccc(C2/C(=C(\O)c3ccc4c(c3)CC(C)O4)C(=O)C(=O)N2CCN(CC)CC)cc1OC. The molecule has 1 fully saturated rings. The molecule has 0 radical (unpaired) electrons. The number of amides is 1. The molecule has 2 heterocycles. The fourth-order valence-electron chi connectivity index (χ4n) is 5.27. The summed E-state index contributed by atoms with van der Waals surface area (Å²) >= 11 is 0. The molecule has 0 spiro atoms. The van der Waals surface area contributed by atoms with Gasteiger partial charge in [-0.25, -0.2) is 0 Å². The fraction of sp³-hybridized carbons (Fsp3) is 0.484. The standard InChI is InChI=1S/C31H40N2O6/c1-6-9-16-38-25-13-10-21(19-26(25)37-5)28-27(30(35)31(36)33(28)15-14-32(7-2)8-3)29(34)22-11-12-24-23(18-22)17-20(4)39-24/h10-13,18-20,28,34H,6-9,14-17H2,1-5H3/b29-27+. The summed E-state index contributed by atoms with van der Waals surface area (Å²) in [5, 5.41) is 11.5. The molecule has 2 aromatic rings. The number of ketones is 1. The van der Waals surface area contributed by atoms with E-state index in [0.717, 1.165) is 43.7 Å². The Morgan fingerprint density at radius 3 is 2.56 bits per heavy atom. The van der Waals surface area contributed by atoms with Crippen molar-refractivity contribution in [2.45, 2.75) is 59.1 Å². The molecule has 0 aromatic heterocycles. The molecule has 2 aliphatic heterocycles. The molecule has 39 heavy (non-hydrogen) atoms. The molecule has 8 nitrogen and oxygen atoms in total. The zero-order chi connectivity index (χ0) is 28.1. The van der Waals surface area contributed by atoms with Crippen LogP contribution in [-0.2, 0) is 16.0 Å². The second-order valence-electron chi connectivity index (χ2n) is 10.1. The summed E-state index contributed by atoms with van der Waals surface area (Å²) in [5.41, 5.74) is 2.21. The maximum Gasteiger partial charge on any atom is 0.295 e. The normalized spacial score (nSPS) is 19.9. The highest BCUT2D eigenvalue weighted by Crippen LogP contribution is 2.42. The van der Waals surface area contributed by atoms with Gasteiger partial charge in [-0.3, -0.25) is 9.59 Å². The third-order valence-corrected chi connectivity index (χ3v) is 7.52. The van der Waals surface area contributed by atoms with Gasteiger partial charge in [0.2, 0.25) is 0 Å². The van der Waals surface area contributed by atoms with Gasteiger partial charge in [0.05, 0.1) is 25.3 Å². The maximum absolute atomic E-state index is 13.5. The van der Waals surface area contributed by atoms with E-state index >= 15 is 0 Å². The van der Waals surface area contributed by atoms with Crippen molar-refractivity contribution in [1.82, 2.24) is 9.80 Å². The third-order valence-electron chi connectivity index (χ3n) is 7.52. The van der Waals surface area contributed by atoms with Gasteiger partial charge in [-0.1, -0.05) is 33.3 Å². The number of ether oxygens (including phenoxy) is 3. The number of benzene rings is 2. The summed E-state index contributed by atoms with van der Waals surface area (Å²) in [6.45, 7) is 11.4. The lowest BCUT2D eigenvalue weighted by Crippen LogP contribution is -2.38. The van der Waals surface area contributed by atoms with Crippen molar-refractivity contribution >= 4 is 17.4 Å². The minimum Gasteiger partial charge on any atom is -0.507 e. The first kappa shape index (κ1) is 28.5. The van der Waals surface area contributed by atoms with Gasteiger partial charge in [0.25, 0.3) is 11.7 Å². The topological polar surface area (TPSA) is 88.5 Å². The molecule has 8 heteroatoms. The lowest BCUT2D eigenvalue weighted by molar-refractivity contribution is -0.140. The Morgan fingerprint density at radius 2 is 1.87 bits per heavy atom. The Labute approximate surface area is 231 Å². The average molecular weight is 537 g/mol. The van der Waals surface area contributed by atoms with E-state index in [-0.39, 0.29) is 17.4 Å². The molecule has 0 saturated carbocycles. The first-order valence-electron chi connectivity index (χ1n) is 13.9. The summed E-state index contributed by atoms with van der Waals surface area (Å²) in [4.78, 5) is 30.6. The van der Waals surface area contributed by atoms with Gasteiger partial charge < -0.3 is 29.1 Å². The lowest BCUT2D eigenvalue weighted by Gasteiger charge is -2.28. The molecule has 2 unspecified atom stereocenters. The Kier molecular flexibility index (Phi) is 9.17. The number of rotatable bonds is 12. The molecule has 2 aliphatic rings. The number of nitrogens with zero attached hydrogens (tertiary/aromatic N) is 2. The van der Waals surface area contributed by atoms with Crippen molar-refractivity contribution in [2.24, 2.45) is 0 Å². The Bertz CT molecular complexity index is 1240. The number of likely N-dealkylation sites (N-methyl/N-ethyl adjacent to an activating group) is 1. The highest BCUT2D eigenvalue weighted by atomic mass is 16.5. The molecular formula is C31H40N2O6. The van der Waals surface area contributed by atoms with Crippen LogP contribution in [0.4, 0.5) is 0 Å². The fourth-order valence-corrected chi connectivity index (χ4v) is 5.27. The van der Waals surface area contributed by atoms with Crippen LogP contribution in [0.1, 0.15) is 63.3 Å². The van der Waals surface area contributed by atoms with Gasteiger partial charge in [0, 0.05) is 25.1 Å². The van der Waals surface area contributed by atoms with E-state index in [1.807, 2.05) is 31.2 Å². The summed E-state index contributed by atoms with van der Waals surface area (Å²) in [7, 11) is 1.57. The Hall–Kier alpha value is -3.52. The van der Waals surface area contributed by atoms with Crippen LogP contribution in [0.25, 0.3) is 5.76 Å². The van der Waals surface area contributed by atoms with E-state index in [0.29, 0.717) is 42.3 Å². The molecule has 210 valence electrons. The lowest BCUT2D eigenvalue weighted by atomic mass is 9.94. The number of aliphatic hydroxyl groups excluding tert-OH is 1. The number of likely N-dealkylation sites (tertiary alicyclic amines) is 1. The van der Waals surface area contributed by atoms with Gasteiger partial charge in [0.15, 0.2) is 11.5 Å². The van der Waals surface area contributed by atoms with Crippen LogP contribution in [0, 0.1) is 0 Å². The van der Waals surface area contributed by atoms with Crippen molar-refractivity contribution in [3.8, 4) is 17.2 Å². The molecule has 1 amide bonds. The van der Waals surface area contributed by atoms with Gasteiger partial charge in [-0.15, -0.1) is 0 Å². The molecule has 0 aliphatic carbocycles. The first-order valence-corrected chi connectivity index (χ1v) is 13.9. The van der Waals surface area contributed by atoms with Crippen LogP contribution in [0.3, 0.4) is 0 Å². The minimum absolute atomic E-state index is 0.0496. The van der Waals surface area contributed by atoms with Crippen molar-refractivity contribution in [3.63, 3.8) is 0 Å². The first-order chi connectivity index (χ1) is 18.8. The van der Waals surface area contributed by atoms with Crippen molar-refractivity contribution in [3.05, 3.63) is 58.7 Å². The quantitative estimate of drug-likeness (QED) is 0.178. The number of aliphatic hydroxyl groups is 1. The smallest absolute Gasteiger partial charge is 0.295 e. The number of carbonyl (C=O) groups is 2. The summed E-state index contributed by atoms with van der Waals surface area (Å²) < 4.78 is 17.3. The van der Waals surface area contributed by atoms with Crippen LogP contribution in [0.15, 0.2) is 42.0 Å². The second-order valence-corrected chi connectivity index (χ2v) is 10.1. The molecule has 2 aromatic carbocycles. The van der Waals surface area contributed by atoms with Gasteiger partial charge in [-0.2, -0.15) is 0 Å². The van der Waals surface area contributed by atoms with Crippen LogP contribution in [0.2, 0.25) is 0 Å². The zero-order valence-electron chi connectivity index (χ0n) is 23.7. The highest BCUT2D eigenvalue weighted by molar-refractivity contribution is 6.46. The highest BCUT2D eigenvalue weighted by Gasteiger charge is 2.46. The molecule has 1 saturated heterocycles. The summed E-state index contributed by atoms with van der Waals surface area (Å²) in [6, 6.07) is 10.1. The van der Waals surface area contributed by atoms with E-state index in [1.165, 1.54) is 0 Å². The van der Waals surface area contributed by atoms with Crippen LogP contribution >= 0.6 is 0 Å². The number of hydrogen-bond acceptors (Lipinski definition) is 7. The van der Waals surface area contributed by atoms with E-state index in [2.05, 4.69) is 25.7 Å². The zero-order valence-corrected chi connectivity index (χ0v) is 23.7. The van der Waals surface area contributed by atoms with Crippen molar-refractivity contribution < 1.29 is 28.9 Å². The largest absolute Gasteiger partial charge is 0.507 e. The number of methoxy groups -OCH3 is 1. The Morgan fingerprint density at radius 1 is 1.10 bits per heavy atom. The number of unbranched alkanes of at least 4 members (excludes halogenated alkanes) is 1. The molecule has 2 atom stereocenters.